The molecule has 5 N–H and O–H groups in total. The minimum absolute atomic E-state index is 0.156. The van der Waals surface area contributed by atoms with Crippen LogP contribution in [0.1, 0.15) is 13.3 Å². The highest BCUT2D eigenvalue weighted by molar-refractivity contribution is 5.85. The Morgan fingerprint density at radius 2 is 1.93 bits per heavy atom. The Bertz CT molecular complexity index is 254. The molecule has 0 spiro atoms. The lowest BCUT2D eigenvalue weighted by Gasteiger charge is -2.11. The zero-order valence-corrected chi connectivity index (χ0v) is 8.45. The molecule has 0 aliphatic carbocycles. The summed E-state index contributed by atoms with van der Waals surface area (Å²) in [5.74, 6) is -1.87. The zero-order chi connectivity index (χ0) is 11.8. The molecule has 0 saturated carbocycles. The van der Waals surface area contributed by atoms with Gasteiger partial charge in [-0.1, -0.05) is 0 Å². The molecule has 86 valence electrons. The molecule has 2 amide bonds. The van der Waals surface area contributed by atoms with E-state index in [2.05, 4.69) is 10.6 Å². The summed E-state index contributed by atoms with van der Waals surface area (Å²) in [6.45, 7) is 1.19. The van der Waals surface area contributed by atoms with E-state index in [1.807, 2.05) is 0 Å². The van der Waals surface area contributed by atoms with Crippen molar-refractivity contribution in [2.24, 2.45) is 5.73 Å². The van der Waals surface area contributed by atoms with Gasteiger partial charge in [0.1, 0.15) is 0 Å². The lowest BCUT2D eigenvalue weighted by atomic mass is 10.2. The van der Waals surface area contributed by atoms with E-state index < -0.39 is 23.8 Å². The van der Waals surface area contributed by atoms with Gasteiger partial charge in [-0.3, -0.25) is 14.4 Å². The Balaban J connectivity index is 3.73. The zero-order valence-electron chi connectivity index (χ0n) is 8.45. The third-order valence-electron chi connectivity index (χ3n) is 1.52. The van der Waals surface area contributed by atoms with E-state index in [-0.39, 0.29) is 19.5 Å². The molecule has 0 aliphatic rings. The minimum atomic E-state index is -0.992. The molecule has 0 aromatic carbocycles. The summed E-state index contributed by atoms with van der Waals surface area (Å²) in [6.07, 6.45) is -0.156. The van der Waals surface area contributed by atoms with Gasteiger partial charge in [-0.05, 0) is 6.92 Å². The second-order valence-electron chi connectivity index (χ2n) is 3.05. The van der Waals surface area contributed by atoms with E-state index in [0.717, 1.165) is 0 Å². The number of rotatable bonds is 6. The molecule has 0 saturated heterocycles. The molecular formula is C8H15N3O4. The smallest absolute Gasteiger partial charge is 0.305 e. The molecule has 7 nitrogen and oxygen atoms in total. The molecule has 0 aromatic heterocycles. The van der Waals surface area contributed by atoms with E-state index in [1.165, 1.54) is 0 Å². The maximum Gasteiger partial charge on any atom is 0.305 e. The number of hydrogen-bond donors (Lipinski definition) is 4. The molecule has 1 atom stereocenters. The summed E-state index contributed by atoms with van der Waals surface area (Å²) in [6, 6.07) is -0.468. The summed E-state index contributed by atoms with van der Waals surface area (Å²) in [5, 5.41) is 13.1. The summed E-state index contributed by atoms with van der Waals surface area (Å²) in [7, 11) is 0. The summed E-state index contributed by atoms with van der Waals surface area (Å²) >= 11 is 0. The number of carbonyl (C=O) groups excluding carboxylic acids is 2. The van der Waals surface area contributed by atoms with Crippen LogP contribution in [0.25, 0.3) is 0 Å². The molecule has 0 aromatic rings. The number of hydrogen-bond acceptors (Lipinski definition) is 4. The van der Waals surface area contributed by atoms with Crippen LogP contribution in [-0.4, -0.2) is 42.0 Å². The van der Waals surface area contributed by atoms with Crippen LogP contribution >= 0.6 is 0 Å². The summed E-state index contributed by atoms with van der Waals surface area (Å²) in [4.78, 5) is 32.0. The van der Waals surface area contributed by atoms with Crippen LogP contribution in [0.5, 0.6) is 0 Å². The molecule has 0 bridgehead atoms. The second-order valence-corrected chi connectivity index (χ2v) is 3.05. The predicted molar refractivity (Wildman–Crippen MR) is 51.9 cm³/mol. The standard InChI is InChI=1S/C8H15N3O4/c1-5(2-8(14)15)11-7(13)4-10-6(12)3-9/h5H,2-4,9H2,1H3,(H,10,12)(H,11,13)(H,14,15). The number of carboxylic acid groups (broad SMARTS) is 1. The van der Waals surface area contributed by atoms with Crippen LogP contribution < -0.4 is 16.4 Å². The van der Waals surface area contributed by atoms with Crippen molar-refractivity contribution in [3.8, 4) is 0 Å². The van der Waals surface area contributed by atoms with Crippen molar-refractivity contribution >= 4 is 17.8 Å². The van der Waals surface area contributed by atoms with Gasteiger partial charge in [0.05, 0.1) is 19.5 Å². The number of nitrogens with one attached hydrogen (secondary N) is 2. The van der Waals surface area contributed by atoms with Crippen LogP contribution in [0.2, 0.25) is 0 Å². The van der Waals surface area contributed by atoms with Crippen molar-refractivity contribution < 1.29 is 19.5 Å². The van der Waals surface area contributed by atoms with E-state index in [1.54, 1.807) is 6.92 Å². The van der Waals surface area contributed by atoms with Gasteiger partial charge in [-0.25, -0.2) is 0 Å². The average Bonchev–Trinajstić information content (AvgIpc) is 2.12. The number of carbonyl (C=O) groups is 3. The van der Waals surface area contributed by atoms with E-state index in [9.17, 15) is 14.4 Å². The van der Waals surface area contributed by atoms with Gasteiger partial charge < -0.3 is 21.5 Å². The fraction of sp³-hybridized carbons (Fsp3) is 0.625. The fourth-order valence-electron chi connectivity index (χ4n) is 0.890. The predicted octanol–water partition coefficient (Wildman–Crippen LogP) is -1.96. The van der Waals surface area contributed by atoms with Crippen molar-refractivity contribution in [2.75, 3.05) is 13.1 Å². The van der Waals surface area contributed by atoms with Crippen LogP contribution in [0.15, 0.2) is 0 Å². The van der Waals surface area contributed by atoms with E-state index in [4.69, 9.17) is 10.8 Å². The van der Waals surface area contributed by atoms with Crippen molar-refractivity contribution in [1.82, 2.24) is 10.6 Å². The van der Waals surface area contributed by atoms with Gasteiger partial charge >= 0.3 is 5.97 Å². The van der Waals surface area contributed by atoms with Gasteiger partial charge in [0.15, 0.2) is 0 Å². The topological polar surface area (TPSA) is 122 Å². The highest BCUT2D eigenvalue weighted by Gasteiger charge is 2.11. The van der Waals surface area contributed by atoms with Crippen LogP contribution in [0.3, 0.4) is 0 Å². The third kappa shape index (κ3) is 7.44. The first-order chi connectivity index (χ1) is 6.95. The van der Waals surface area contributed by atoms with Crippen LogP contribution in [-0.2, 0) is 14.4 Å². The van der Waals surface area contributed by atoms with Gasteiger partial charge in [-0.2, -0.15) is 0 Å². The number of aliphatic carboxylic acids is 1. The molecule has 0 fully saturated rings. The largest absolute Gasteiger partial charge is 0.481 e. The second kappa shape index (κ2) is 6.77. The Kier molecular flexibility index (Phi) is 6.03. The molecule has 0 radical (unpaired) electrons. The Labute approximate surface area is 87.0 Å². The molecular weight excluding hydrogens is 202 g/mol. The molecule has 0 aliphatic heterocycles. The van der Waals surface area contributed by atoms with Gasteiger partial charge in [0.2, 0.25) is 11.8 Å². The lowest BCUT2D eigenvalue weighted by Crippen LogP contribution is -2.43. The van der Waals surface area contributed by atoms with Crippen molar-refractivity contribution in [2.45, 2.75) is 19.4 Å². The maximum atomic E-state index is 11.1. The summed E-state index contributed by atoms with van der Waals surface area (Å²) in [5.41, 5.74) is 5.00. The molecule has 0 rings (SSSR count). The number of amides is 2. The Morgan fingerprint density at radius 1 is 1.33 bits per heavy atom. The van der Waals surface area contributed by atoms with E-state index >= 15 is 0 Å². The minimum Gasteiger partial charge on any atom is -0.481 e. The Morgan fingerprint density at radius 3 is 2.40 bits per heavy atom. The van der Waals surface area contributed by atoms with Gasteiger partial charge in [-0.15, -0.1) is 0 Å². The van der Waals surface area contributed by atoms with E-state index in [0.29, 0.717) is 0 Å². The van der Waals surface area contributed by atoms with Crippen LogP contribution in [0, 0.1) is 0 Å². The van der Waals surface area contributed by atoms with Crippen molar-refractivity contribution in [1.29, 1.82) is 0 Å². The SMILES string of the molecule is CC(CC(=O)O)NC(=O)CNC(=O)CN. The molecule has 15 heavy (non-hydrogen) atoms. The van der Waals surface area contributed by atoms with Crippen LogP contribution in [0.4, 0.5) is 0 Å². The first-order valence-corrected chi connectivity index (χ1v) is 4.43. The quantitative estimate of drug-likeness (QED) is 0.411. The lowest BCUT2D eigenvalue weighted by molar-refractivity contribution is -0.137. The van der Waals surface area contributed by atoms with Crippen molar-refractivity contribution in [3.05, 3.63) is 0 Å². The number of nitrogens with two attached hydrogens (primary N) is 1. The average molecular weight is 217 g/mol. The normalized spacial score (nSPS) is 11.6. The highest BCUT2D eigenvalue weighted by atomic mass is 16.4. The number of carboxylic acids is 1. The summed E-state index contributed by atoms with van der Waals surface area (Å²) < 4.78 is 0. The molecule has 1 unspecified atom stereocenters. The first kappa shape index (κ1) is 13.4. The monoisotopic (exact) mass is 217 g/mol. The molecule has 7 heteroatoms. The first-order valence-electron chi connectivity index (χ1n) is 4.43. The maximum absolute atomic E-state index is 11.1. The Hall–Kier alpha value is -1.63. The van der Waals surface area contributed by atoms with Gasteiger partial charge in [0, 0.05) is 6.04 Å². The van der Waals surface area contributed by atoms with Crippen molar-refractivity contribution in [3.63, 3.8) is 0 Å². The van der Waals surface area contributed by atoms with Gasteiger partial charge in [0.25, 0.3) is 0 Å². The fourth-order valence-corrected chi connectivity index (χ4v) is 0.890. The highest BCUT2D eigenvalue weighted by Crippen LogP contribution is 1.89. The molecule has 0 heterocycles. The third-order valence-corrected chi connectivity index (χ3v) is 1.52.